The van der Waals surface area contributed by atoms with Gasteiger partial charge in [0.15, 0.2) is 5.82 Å². The van der Waals surface area contributed by atoms with Gasteiger partial charge in [-0.2, -0.15) is 0 Å². The van der Waals surface area contributed by atoms with E-state index < -0.39 is 0 Å². The maximum atomic E-state index is 5.90. The number of imidazole rings is 1. The predicted octanol–water partition coefficient (Wildman–Crippen LogP) is 0.670. The third kappa shape index (κ3) is 3.80. The van der Waals surface area contributed by atoms with Crippen molar-refractivity contribution in [2.24, 2.45) is 0 Å². The SMILES string of the molecule is COCCn1nnnc1[C@@H]1CN(Cc2nccn2C(C)C)CCO1. The summed E-state index contributed by atoms with van der Waals surface area (Å²) in [6, 6.07) is 0.403. The molecule has 9 heteroatoms. The molecule has 1 aliphatic heterocycles. The molecule has 1 fully saturated rings. The first-order chi connectivity index (χ1) is 11.7. The molecule has 2 aromatic rings. The van der Waals surface area contributed by atoms with Gasteiger partial charge in [0, 0.05) is 38.6 Å². The second kappa shape index (κ2) is 7.82. The lowest BCUT2D eigenvalue weighted by Gasteiger charge is -2.32. The first kappa shape index (κ1) is 17.0. The van der Waals surface area contributed by atoms with E-state index in [4.69, 9.17) is 9.47 Å². The van der Waals surface area contributed by atoms with Crippen LogP contribution in [0, 0.1) is 0 Å². The van der Waals surface area contributed by atoms with Crippen LogP contribution in [-0.4, -0.2) is 68.1 Å². The molecule has 2 aromatic heterocycles. The van der Waals surface area contributed by atoms with Crippen molar-refractivity contribution in [3.05, 3.63) is 24.0 Å². The molecule has 0 amide bonds. The Morgan fingerprint density at radius 1 is 1.42 bits per heavy atom. The Balaban J connectivity index is 1.66. The molecule has 0 unspecified atom stereocenters. The zero-order chi connectivity index (χ0) is 16.9. The van der Waals surface area contributed by atoms with E-state index in [1.165, 1.54) is 0 Å². The van der Waals surface area contributed by atoms with Crippen LogP contribution in [0.5, 0.6) is 0 Å². The molecule has 3 heterocycles. The van der Waals surface area contributed by atoms with Crippen LogP contribution in [0.25, 0.3) is 0 Å². The van der Waals surface area contributed by atoms with Gasteiger partial charge >= 0.3 is 0 Å². The van der Waals surface area contributed by atoms with Gasteiger partial charge in [0.1, 0.15) is 11.9 Å². The zero-order valence-electron chi connectivity index (χ0n) is 14.5. The first-order valence-corrected chi connectivity index (χ1v) is 8.29. The van der Waals surface area contributed by atoms with E-state index >= 15 is 0 Å². The van der Waals surface area contributed by atoms with Crippen LogP contribution in [0.3, 0.4) is 0 Å². The Morgan fingerprint density at radius 3 is 3.08 bits per heavy atom. The van der Waals surface area contributed by atoms with Gasteiger partial charge in [-0.25, -0.2) is 9.67 Å². The smallest absolute Gasteiger partial charge is 0.181 e. The van der Waals surface area contributed by atoms with E-state index in [-0.39, 0.29) is 6.10 Å². The molecule has 3 rings (SSSR count). The fourth-order valence-electron chi connectivity index (χ4n) is 2.92. The second-order valence-corrected chi connectivity index (χ2v) is 6.19. The Kier molecular flexibility index (Phi) is 5.54. The highest BCUT2D eigenvalue weighted by molar-refractivity contribution is 4.97. The summed E-state index contributed by atoms with van der Waals surface area (Å²) in [7, 11) is 1.67. The number of nitrogens with zero attached hydrogens (tertiary/aromatic N) is 7. The Labute approximate surface area is 141 Å². The van der Waals surface area contributed by atoms with Crippen LogP contribution in [0.4, 0.5) is 0 Å². The van der Waals surface area contributed by atoms with Crippen LogP contribution in [-0.2, 0) is 22.6 Å². The standard InChI is InChI=1S/C15H25N7O2/c1-12(2)21-5-4-16-14(21)11-20-6-9-24-13(10-20)15-17-18-19-22(15)7-8-23-3/h4-5,12-13H,6-11H2,1-3H3/t13-/m0/s1. The topological polar surface area (TPSA) is 83.1 Å². The van der Waals surface area contributed by atoms with Gasteiger partial charge in [0.25, 0.3) is 0 Å². The van der Waals surface area contributed by atoms with Crippen LogP contribution < -0.4 is 0 Å². The van der Waals surface area contributed by atoms with Crippen molar-refractivity contribution < 1.29 is 9.47 Å². The summed E-state index contributed by atoms with van der Waals surface area (Å²) >= 11 is 0. The minimum atomic E-state index is -0.131. The van der Waals surface area contributed by atoms with Crippen LogP contribution in [0.15, 0.2) is 12.4 Å². The molecule has 132 valence electrons. The average molecular weight is 335 g/mol. The predicted molar refractivity (Wildman–Crippen MR) is 86.3 cm³/mol. The van der Waals surface area contributed by atoms with Crippen molar-refractivity contribution in [3.8, 4) is 0 Å². The lowest BCUT2D eigenvalue weighted by atomic mass is 10.2. The van der Waals surface area contributed by atoms with Crippen LogP contribution in [0.2, 0.25) is 0 Å². The number of morpholine rings is 1. The van der Waals surface area contributed by atoms with Gasteiger partial charge in [-0.1, -0.05) is 0 Å². The van der Waals surface area contributed by atoms with Gasteiger partial charge in [0.05, 0.1) is 26.3 Å². The highest BCUT2D eigenvalue weighted by atomic mass is 16.5. The lowest BCUT2D eigenvalue weighted by molar-refractivity contribution is -0.0407. The normalized spacial score (nSPS) is 19.2. The van der Waals surface area contributed by atoms with Crippen molar-refractivity contribution in [2.75, 3.05) is 33.4 Å². The molecule has 24 heavy (non-hydrogen) atoms. The fourth-order valence-corrected chi connectivity index (χ4v) is 2.92. The molecule has 1 aliphatic rings. The molecule has 1 atom stereocenters. The number of hydrogen-bond donors (Lipinski definition) is 0. The van der Waals surface area contributed by atoms with E-state index in [2.05, 4.69) is 43.8 Å². The molecule has 0 N–H and O–H groups in total. The quantitative estimate of drug-likeness (QED) is 0.735. The van der Waals surface area contributed by atoms with Gasteiger partial charge < -0.3 is 14.0 Å². The van der Waals surface area contributed by atoms with Crippen LogP contribution >= 0.6 is 0 Å². The van der Waals surface area contributed by atoms with E-state index in [1.807, 2.05) is 12.4 Å². The highest BCUT2D eigenvalue weighted by Crippen LogP contribution is 2.21. The minimum Gasteiger partial charge on any atom is -0.383 e. The van der Waals surface area contributed by atoms with E-state index in [0.29, 0.717) is 25.8 Å². The van der Waals surface area contributed by atoms with Gasteiger partial charge in [-0.3, -0.25) is 4.90 Å². The number of tetrazole rings is 1. The number of methoxy groups -OCH3 is 1. The molecule has 0 radical (unpaired) electrons. The Hall–Kier alpha value is -1.84. The summed E-state index contributed by atoms with van der Waals surface area (Å²) in [6.45, 7) is 8.60. The fraction of sp³-hybridized carbons (Fsp3) is 0.733. The summed E-state index contributed by atoms with van der Waals surface area (Å²) in [6.07, 6.45) is 3.76. The van der Waals surface area contributed by atoms with Crippen molar-refractivity contribution in [3.63, 3.8) is 0 Å². The maximum absolute atomic E-state index is 5.90. The molecule has 0 aliphatic carbocycles. The number of rotatable bonds is 7. The van der Waals surface area contributed by atoms with Gasteiger partial charge in [0.2, 0.25) is 0 Å². The van der Waals surface area contributed by atoms with Crippen molar-refractivity contribution in [1.82, 2.24) is 34.7 Å². The highest BCUT2D eigenvalue weighted by Gasteiger charge is 2.27. The van der Waals surface area contributed by atoms with Gasteiger partial charge in [-0.05, 0) is 24.3 Å². The molecule has 0 spiro atoms. The Bertz CT molecular complexity index is 639. The molecular formula is C15H25N7O2. The summed E-state index contributed by atoms with van der Waals surface area (Å²) in [5.74, 6) is 1.83. The Morgan fingerprint density at radius 2 is 2.29 bits per heavy atom. The van der Waals surface area contributed by atoms with Gasteiger partial charge in [-0.15, -0.1) is 5.10 Å². The summed E-state index contributed by atoms with van der Waals surface area (Å²) in [5.41, 5.74) is 0. The van der Waals surface area contributed by atoms with Crippen LogP contribution in [0.1, 0.15) is 37.6 Å². The molecule has 0 saturated carbocycles. The number of aromatic nitrogens is 6. The third-order valence-corrected chi connectivity index (χ3v) is 4.18. The van der Waals surface area contributed by atoms with Crippen molar-refractivity contribution in [1.29, 1.82) is 0 Å². The van der Waals surface area contributed by atoms with E-state index in [1.54, 1.807) is 11.8 Å². The molecule has 9 nitrogen and oxygen atoms in total. The largest absolute Gasteiger partial charge is 0.383 e. The van der Waals surface area contributed by atoms with E-state index in [0.717, 1.165) is 31.3 Å². The number of hydrogen-bond acceptors (Lipinski definition) is 7. The number of ether oxygens (including phenoxy) is 2. The second-order valence-electron chi connectivity index (χ2n) is 6.19. The third-order valence-electron chi connectivity index (χ3n) is 4.18. The minimum absolute atomic E-state index is 0.131. The zero-order valence-corrected chi connectivity index (χ0v) is 14.5. The lowest BCUT2D eigenvalue weighted by Crippen LogP contribution is -2.39. The summed E-state index contributed by atoms with van der Waals surface area (Å²) in [5, 5.41) is 12.0. The molecule has 0 aromatic carbocycles. The maximum Gasteiger partial charge on any atom is 0.181 e. The monoisotopic (exact) mass is 335 g/mol. The average Bonchev–Trinajstić information content (AvgIpc) is 3.22. The first-order valence-electron chi connectivity index (χ1n) is 8.29. The molecular weight excluding hydrogens is 310 g/mol. The molecule has 0 bridgehead atoms. The summed E-state index contributed by atoms with van der Waals surface area (Å²) < 4.78 is 15.0. The molecule has 1 saturated heterocycles. The van der Waals surface area contributed by atoms with Crippen molar-refractivity contribution >= 4 is 0 Å². The van der Waals surface area contributed by atoms with E-state index in [9.17, 15) is 0 Å². The summed E-state index contributed by atoms with van der Waals surface area (Å²) in [4.78, 5) is 6.83. The van der Waals surface area contributed by atoms with Crippen molar-refractivity contribution in [2.45, 2.75) is 39.1 Å².